The van der Waals surface area contributed by atoms with Crippen LogP contribution in [0.3, 0.4) is 0 Å². The van der Waals surface area contributed by atoms with Gasteiger partial charge in [-0.15, -0.1) is 0 Å². The molecule has 0 saturated heterocycles. The molecule has 0 amide bonds. The molecule has 2 aromatic carbocycles. The SMILES string of the molecule is CC(N)N(Cc1ccccc1)Cc1ccccc1. The molecular formula is C16H20N2. The molecule has 0 aromatic heterocycles. The largest absolute Gasteiger partial charge is 0.316 e. The summed E-state index contributed by atoms with van der Waals surface area (Å²) in [5.74, 6) is 0. The summed E-state index contributed by atoms with van der Waals surface area (Å²) in [6.07, 6.45) is 0.0467. The van der Waals surface area contributed by atoms with Crippen LogP contribution in [0.1, 0.15) is 18.1 Å². The van der Waals surface area contributed by atoms with Gasteiger partial charge in [-0.25, -0.2) is 0 Å². The van der Waals surface area contributed by atoms with E-state index < -0.39 is 0 Å². The van der Waals surface area contributed by atoms with Crippen LogP contribution in [0.4, 0.5) is 0 Å². The Kier molecular flexibility index (Phi) is 4.51. The Morgan fingerprint density at radius 3 is 1.56 bits per heavy atom. The zero-order valence-electron chi connectivity index (χ0n) is 10.8. The Morgan fingerprint density at radius 2 is 1.22 bits per heavy atom. The second-order valence-corrected chi connectivity index (χ2v) is 4.62. The topological polar surface area (TPSA) is 29.3 Å². The van der Waals surface area contributed by atoms with Gasteiger partial charge in [0.2, 0.25) is 0 Å². The van der Waals surface area contributed by atoms with Crippen molar-refractivity contribution in [2.24, 2.45) is 5.73 Å². The van der Waals surface area contributed by atoms with Gasteiger partial charge in [-0.05, 0) is 18.1 Å². The summed E-state index contributed by atoms with van der Waals surface area (Å²) in [5, 5.41) is 0. The van der Waals surface area contributed by atoms with Crippen LogP contribution in [0.2, 0.25) is 0 Å². The predicted octanol–water partition coefficient (Wildman–Crippen LogP) is 2.99. The van der Waals surface area contributed by atoms with Crippen molar-refractivity contribution in [3.8, 4) is 0 Å². The second-order valence-electron chi connectivity index (χ2n) is 4.62. The second kappa shape index (κ2) is 6.34. The van der Waals surface area contributed by atoms with Crippen LogP contribution in [-0.4, -0.2) is 11.1 Å². The van der Waals surface area contributed by atoms with Crippen molar-refractivity contribution >= 4 is 0 Å². The van der Waals surface area contributed by atoms with Crippen LogP contribution in [0.25, 0.3) is 0 Å². The molecule has 2 heteroatoms. The fourth-order valence-electron chi connectivity index (χ4n) is 1.98. The molecule has 2 nitrogen and oxygen atoms in total. The number of nitrogens with two attached hydrogens (primary N) is 1. The number of benzene rings is 2. The zero-order valence-corrected chi connectivity index (χ0v) is 10.8. The number of nitrogens with zero attached hydrogens (tertiary/aromatic N) is 1. The van der Waals surface area contributed by atoms with Crippen molar-refractivity contribution in [3.05, 3.63) is 71.8 Å². The van der Waals surface area contributed by atoms with Gasteiger partial charge in [-0.2, -0.15) is 0 Å². The van der Waals surface area contributed by atoms with Gasteiger partial charge in [0.05, 0.1) is 6.17 Å². The summed E-state index contributed by atoms with van der Waals surface area (Å²) in [5.41, 5.74) is 8.65. The minimum Gasteiger partial charge on any atom is -0.316 e. The highest BCUT2D eigenvalue weighted by Gasteiger charge is 2.10. The van der Waals surface area contributed by atoms with E-state index in [0.717, 1.165) is 13.1 Å². The van der Waals surface area contributed by atoms with Gasteiger partial charge in [0.15, 0.2) is 0 Å². The Bertz CT molecular complexity index is 410. The van der Waals surface area contributed by atoms with Crippen LogP contribution >= 0.6 is 0 Å². The first-order chi connectivity index (χ1) is 8.75. The third-order valence-corrected chi connectivity index (χ3v) is 3.03. The van der Waals surface area contributed by atoms with Gasteiger partial charge in [0, 0.05) is 13.1 Å². The van der Waals surface area contributed by atoms with E-state index >= 15 is 0 Å². The molecule has 0 bridgehead atoms. The quantitative estimate of drug-likeness (QED) is 0.814. The molecule has 0 aliphatic heterocycles. The van der Waals surface area contributed by atoms with Gasteiger partial charge < -0.3 is 5.73 Å². The van der Waals surface area contributed by atoms with Crippen LogP contribution < -0.4 is 5.73 Å². The minimum atomic E-state index is 0.0467. The molecular weight excluding hydrogens is 220 g/mol. The first-order valence-corrected chi connectivity index (χ1v) is 6.33. The Labute approximate surface area is 109 Å². The van der Waals surface area contributed by atoms with E-state index in [4.69, 9.17) is 5.73 Å². The first-order valence-electron chi connectivity index (χ1n) is 6.33. The standard InChI is InChI=1S/C16H20N2/c1-14(17)18(12-15-8-4-2-5-9-15)13-16-10-6-3-7-11-16/h2-11,14H,12-13,17H2,1H3. The molecule has 0 aliphatic rings. The maximum atomic E-state index is 6.06. The highest BCUT2D eigenvalue weighted by Crippen LogP contribution is 2.11. The third-order valence-electron chi connectivity index (χ3n) is 3.03. The lowest BCUT2D eigenvalue weighted by atomic mass is 10.1. The predicted molar refractivity (Wildman–Crippen MR) is 75.8 cm³/mol. The fourth-order valence-corrected chi connectivity index (χ4v) is 1.98. The normalized spacial score (nSPS) is 12.6. The minimum absolute atomic E-state index is 0.0467. The van der Waals surface area contributed by atoms with Gasteiger partial charge in [0.25, 0.3) is 0 Å². The molecule has 0 aliphatic carbocycles. The lowest BCUT2D eigenvalue weighted by Crippen LogP contribution is -2.38. The van der Waals surface area contributed by atoms with Gasteiger partial charge >= 0.3 is 0 Å². The van der Waals surface area contributed by atoms with Gasteiger partial charge in [0.1, 0.15) is 0 Å². The summed E-state index contributed by atoms with van der Waals surface area (Å²) >= 11 is 0. The van der Waals surface area contributed by atoms with Gasteiger partial charge in [-0.3, -0.25) is 4.90 Å². The van der Waals surface area contributed by atoms with E-state index in [1.807, 2.05) is 19.1 Å². The van der Waals surface area contributed by atoms with E-state index in [1.54, 1.807) is 0 Å². The molecule has 2 N–H and O–H groups in total. The number of hydrogen-bond donors (Lipinski definition) is 1. The molecule has 0 heterocycles. The van der Waals surface area contributed by atoms with Crippen LogP contribution in [-0.2, 0) is 13.1 Å². The monoisotopic (exact) mass is 240 g/mol. The van der Waals surface area contributed by atoms with Gasteiger partial charge in [-0.1, -0.05) is 60.7 Å². The summed E-state index contributed by atoms with van der Waals surface area (Å²) in [4.78, 5) is 2.27. The van der Waals surface area contributed by atoms with Crippen molar-refractivity contribution in [3.63, 3.8) is 0 Å². The summed E-state index contributed by atoms with van der Waals surface area (Å²) in [6, 6.07) is 20.9. The van der Waals surface area contributed by atoms with Crippen molar-refractivity contribution in [2.75, 3.05) is 0 Å². The van der Waals surface area contributed by atoms with E-state index in [9.17, 15) is 0 Å². The third kappa shape index (κ3) is 3.69. The summed E-state index contributed by atoms with van der Waals surface area (Å²) in [6.45, 7) is 3.80. The molecule has 2 rings (SSSR count). The van der Waals surface area contributed by atoms with Crippen molar-refractivity contribution in [2.45, 2.75) is 26.2 Å². The molecule has 94 valence electrons. The lowest BCUT2D eigenvalue weighted by molar-refractivity contribution is 0.195. The van der Waals surface area contributed by atoms with E-state index in [2.05, 4.69) is 53.4 Å². The van der Waals surface area contributed by atoms with Crippen molar-refractivity contribution in [1.29, 1.82) is 0 Å². The van der Waals surface area contributed by atoms with Crippen LogP contribution in [0.5, 0.6) is 0 Å². The summed E-state index contributed by atoms with van der Waals surface area (Å²) < 4.78 is 0. The van der Waals surface area contributed by atoms with E-state index in [-0.39, 0.29) is 6.17 Å². The highest BCUT2D eigenvalue weighted by molar-refractivity contribution is 5.17. The molecule has 2 aromatic rings. The average Bonchev–Trinajstić information content (AvgIpc) is 2.40. The smallest absolute Gasteiger partial charge is 0.0549 e. The zero-order chi connectivity index (χ0) is 12.8. The van der Waals surface area contributed by atoms with Crippen molar-refractivity contribution in [1.82, 2.24) is 4.90 Å². The van der Waals surface area contributed by atoms with Crippen molar-refractivity contribution < 1.29 is 0 Å². The molecule has 0 spiro atoms. The Hall–Kier alpha value is -1.64. The molecule has 0 fully saturated rings. The molecule has 1 atom stereocenters. The molecule has 0 radical (unpaired) electrons. The Balaban J connectivity index is 2.05. The Morgan fingerprint density at radius 1 is 0.833 bits per heavy atom. The molecule has 18 heavy (non-hydrogen) atoms. The van der Waals surface area contributed by atoms with Crippen LogP contribution in [0, 0.1) is 0 Å². The maximum absolute atomic E-state index is 6.06. The molecule has 1 unspecified atom stereocenters. The highest BCUT2D eigenvalue weighted by atomic mass is 15.2. The molecule has 0 saturated carbocycles. The fraction of sp³-hybridized carbons (Fsp3) is 0.250. The lowest BCUT2D eigenvalue weighted by Gasteiger charge is -2.26. The van der Waals surface area contributed by atoms with E-state index in [1.165, 1.54) is 11.1 Å². The van der Waals surface area contributed by atoms with Crippen LogP contribution in [0.15, 0.2) is 60.7 Å². The maximum Gasteiger partial charge on any atom is 0.0549 e. The summed E-state index contributed by atoms with van der Waals surface area (Å²) in [7, 11) is 0. The number of rotatable bonds is 5. The van der Waals surface area contributed by atoms with E-state index in [0.29, 0.717) is 0 Å². The average molecular weight is 240 g/mol. The first kappa shape index (κ1) is 12.8. The number of hydrogen-bond acceptors (Lipinski definition) is 2.